The van der Waals surface area contributed by atoms with Crippen LogP contribution in [-0.2, 0) is 9.53 Å². The Morgan fingerprint density at radius 3 is 2.53 bits per heavy atom. The number of aliphatic hydroxyl groups excluding tert-OH is 1. The number of nitrogens with zero attached hydrogens (tertiary/aromatic N) is 1. The molecule has 0 aliphatic rings. The predicted octanol–water partition coefficient (Wildman–Crippen LogP) is 1.76. The van der Waals surface area contributed by atoms with Crippen LogP contribution in [0.25, 0.3) is 0 Å². The van der Waals surface area contributed by atoms with Crippen molar-refractivity contribution in [3.8, 4) is 0 Å². The Bertz CT molecular complexity index is 349. The van der Waals surface area contributed by atoms with Crippen LogP contribution in [0.4, 0.5) is 0 Å². The molecule has 0 saturated heterocycles. The van der Waals surface area contributed by atoms with Gasteiger partial charge in [-0.3, -0.25) is 9.78 Å². The van der Waals surface area contributed by atoms with Crippen molar-refractivity contribution in [2.45, 2.75) is 33.0 Å². The summed E-state index contributed by atoms with van der Waals surface area (Å²) >= 11 is 0. The zero-order valence-corrected chi connectivity index (χ0v) is 9.10. The molecule has 1 heterocycles. The molecule has 1 aromatic heterocycles. The molecule has 0 radical (unpaired) electrons. The molecule has 1 aromatic rings. The van der Waals surface area contributed by atoms with E-state index in [2.05, 4.69) is 4.98 Å². The van der Waals surface area contributed by atoms with Crippen LogP contribution in [0.5, 0.6) is 0 Å². The molecule has 0 aromatic carbocycles. The topological polar surface area (TPSA) is 59.4 Å². The predicted molar refractivity (Wildman–Crippen MR) is 55.1 cm³/mol. The summed E-state index contributed by atoms with van der Waals surface area (Å²) < 4.78 is 4.99. The summed E-state index contributed by atoms with van der Waals surface area (Å²) in [5.74, 6) is -0.341. The van der Waals surface area contributed by atoms with Gasteiger partial charge in [0.05, 0.1) is 17.5 Å². The first kappa shape index (κ1) is 11.7. The highest BCUT2D eigenvalue weighted by molar-refractivity contribution is 5.66. The number of aromatic nitrogens is 1. The monoisotopic (exact) mass is 209 g/mol. The average molecular weight is 209 g/mol. The van der Waals surface area contributed by atoms with Crippen LogP contribution in [0.15, 0.2) is 18.2 Å². The number of hydrogen-bond donors (Lipinski definition) is 1. The van der Waals surface area contributed by atoms with Crippen LogP contribution in [-0.4, -0.2) is 16.1 Å². The molecule has 4 nitrogen and oxygen atoms in total. The smallest absolute Gasteiger partial charge is 0.303 e. The van der Waals surface area contributed by atoms with E-state index in [1.165, 1.54) is 6.92 Å². The standard InChI is InChI=1S/C11H15NO3/c1-7(13)10-5-4-6-11(12-10)8(2)15-9(3)14/h4-8,13H,1-3H3/t7-,8-/m0/s1. The maximum atomic E-state index is 10.7. The fourth-order valence-electron chi connectivity index (χ4n) is 1.24. The summed E-state index contributed by atoms with van der Waals surface area (Å²) in [7, 11) is 0. The van der Waals surface area contributed by atoms with E-state index in [0.29, 0.717) is 11.4 Å². The maximum Gasteiger partial charge on any atom is 0.303 e. The number of pyridine rings is 1. The number of ether oxygens (including phenoxy) is 1. The highest BCUT2D eigenvalue weighted by Gasteiger charge is 2.11. The number of hydrogen-bond acceptors (Lipinski definition) is 4. The number of aliphatic hydroxyl groups is 1. The summed E-state index contributed by atoms with van der Waals surface area (Å²) in [5, 5.41) is 9.34. The van der Waals surface area contributed by atoms with Gasteiger partial charge in [-0.15, -0.1) is 0 Å². The summed E-state index contributed by atoms with van der Waals surface area (Å²) in [6, 6.07) is 5.28. The van der Waals surface area contributed by atoms with Crippen LogP contribution < -0.4 is 0 Å². The van der Waals surface area contributed by atoms with Gasteiger partial charge in [-0.25, -0.2) is 0 Å². The van der Waals surface area contributed by atoms with Crippen LogP contribution in [0.1, 0.15) is 44.4 Å². The molecule has 0 aliphatic heterocycles. The van der Waals surface area contributed by atoms with E-state index < -0.39 is 6.10 Å². The van der Waals surface area contributed by atoms with Crippen molar-refractivity contribution in [1.82, 2.24) is 4.98 Å². The third-order valence-corrected chi connectivity index (χ3v) is 1.98. The van der Waals surface area contributed by atoms with Gasteiger partial charge in [0.15, 0.2) is 0 Å². The summed E-state index contributed by atoms with van der Waals surface area (Å²) in [6.45, 7) is 4.74. The Morgan fingerprint density at radius 2 is 2.00 bits per heavy atom. The van der Waals surface area contributed by atoms with E-state index in [4.69, 9.17) is 4.74 Å². The van der Waals surface area contributed by atoms with Gasteiger partial charge in [-0.05, 0) is 26.0 Å². The highest BCUT2D eigenvalue weighted by Crippen LogP contribution is 2.17. The quantitative estimate of drug-likeness (QED) is 0.770. The highest BCUT2D eigenvalue weighted by atomic mass is 16.5. The number of carbonyl (C=O) groups is 1. The Labute approximate surface area is 88.9 Å². The maximum absolute atomic E-state index is 10.7. The molecule has 0 amide bonds. The van der Waals surface area contributed by atoms with E-state index in [-0.39, 0.29) is 12.1 Å². The van der Waals surface area contributed by atoms with Crippen molar-refractivity contribution in [2.24, 2.45) is 0 Å². The van der Waals surface area contributed by atoms with Crippen molar-refractivity contribution in [3.63, 3.8) is 0 Å². The lowest BCUT2D eigenvalue weighted by molar-refractivity contribution is -0.146. The van der Waals surface area contributed by atoms with E-state index in [1.54, 1.807) is 32.0 Å². The SMILES string of the molecule is CC(=O)O[C@@H](C)c1cccc([C@H](C)O)n1. The molecule has 1 N–H and O–H groups in total. The molecule has 0 fully saturated rings. The molecule has 2 atom stereocenters. The summed E-state index contributed by atoms with van der Waals surface area (Å²) in [5.41, 5.74) is 1.22. The number of rotatable bonds is 3. The molecule has 0 saturated carbocycles. The Balaban J connectivity index is 2.85. The minimum Gasteiger partial charge on any atom is -0.456 e. The second kappa shape index (κ2) is 4.89. The third kappa shape index (κ3) is 3.32. The van der Waals surface area contributed by atoms with Gasteiger partial charge in [-0.1, -0.05) is 6.07 Å². The molecule has 0 aliphatic carbocycles. The van der Waals surface area contributed by atoms with Gasteiger partial charge in [0.1, 0.15) is 6.10 Å². The molecule has 0 spiro atoms. The van der Waals surface area contributed by atoms with Crippen molar-refractivity contribution in [1.29, 1.82) is 0 Å². The minimum absolute atomic E-state index is 0.341. The zero-order chi connectivity index (χ0) is 11.4. The lowest BCUT2D eigenvalue weighted by Gasteiger charge is -2.12. The number of esters is 1. The lowest BCUT2D eigenvalue weighted by atomic mass is 10.2. The van der Waals surface area contributed by atoms with Crippen molar-refractivity contribution < 1.29 is 14.6 Å². The third-order valence-electron chi connectivity index (χ3n) is 1.98. The fourth-order valence-corrected chi connectivity index (χ4v) is 1.24. The van der Waals surface area contributed by atoms with Crippen LogP contribution in [0, 0.1) is 0 Å². The van der Waals surface area contributed by atoms with Crippen LogP contribution in [0.2, 0.25) is 0 Å². The van der Waals surface area contributed by atoms with Crippen LogP contribution in [0.3, 0.4) is 0 Å². The van der Waals surface area contributed by atoms with E-state index >= 15 is 0 Å². The van der Waals surface area contributed by atoms with Crippen LogP contribution >= 0.6 is 0 Å². The molecule has 1 rings (SSSR count). The summed E-state index contributed by atoms with van der Waals surface area (Å²) in [4.78, 5) is 14.9. The van der Waals surface area contributed by atoms with Gasteiger partial charge >= 0.3 is 5.97 Å². The minimum atomic E-state index is -0.616. The lowest BCUT2D eigenvalue weighted by Crippen LogP contribution is -2.08. The molecule has 4 heteroatoms. The molecular weight excluding hydrogens is 194 g/mol. The fraction of sp³-hybridized carbons (Fsp3) is 0.455. The van der Waals surface area contributed by atoms with Crippen molar-refractivity contribution in [2.75, 3.05) is 0 Å². The van der Waals surface area contributed by atoms with Gasteiger partial charge in [-0.2, -0.15) is 0 Å². The molecular formula is C11H15NO3. The Kier molecular flexibility index (Phi) is 3.80. The van der Waals surface area contributed by atoms with Crippen molar-refractivity contribution >= 4 is 5.97 Å². The molecule has 82 valence electrons. The summed E-state index contributed by atoms with van der Waals surface area (Å²) in [6.07, 6.45) is -1.00. The van der Waals surface area contributed by atoms with Crippen molar-refractivity contribution in [3.05, 3.63) is 29.6 Å². The first-order valence-corrected chi connectivity index (χ1v) is 4.83. The van der Waals surface area contributed by atoms with E-state index in [0.717, 1.165) is 0 Å². The Hall–Kier alpha value is -1.42. The first-order chi connectivity index (χ1) is 7.00. The second-order valence-corrected chi connectivity index (χ2v) is 3.41. The van der Waals surface area contributed by atoms with E-state index in [1.807, 2.05) is 0 Å². The Morgan fingerprint density at radius 1 is 1.40 bits per heavy atom. The van der Waals surface area contributed by atoms with Gasteiger partial charge in [0.2, 0.25) is 0 Å². The van der Waals surface area contributed by atoms with Gasteiger partial charge in [0, 0.05) is 6.92 Å². The molecule has 0 unspecified atom stereocenters. The molecule has 15 heavy (non-hydrogen) atoms. The zero-order valence-electron chi connectivity index (χ0n) is 9.10. The second-order valence-electron chi connectivity index (χ2n) is 3.41. The normalized spacial score (nSPS) is 14.4. The largest absolute Gasteiger partial charge is 0.456 e. The number of carbonyl (C=O) groups excluding carboxylic acids is 1. The molecule has 0 bridgehead atoms. The average Bonchev–Trinajstić information content (AvgIpc) is 2.17. The van der Waals surface area contributed by atoms with Gasteiger partial charge < -0.3 is 9.84 Å². The van der Waals surface area contributed by atoms with Gasteiger partial charge in [0.25, 0.3) is 0 Å². The van der Waals surface area contributed by atoms with E-state index in [9.17, 15) is 9.90 Å². The first-order valence-electron chi connectivity index (χ1n) is 4.83.